The van der Waals surface area contributed by atoms with Gasteiger partial charge in [0, 0.05) is 0 Å². The van der Waals surface area contributed by atoms with Crippen molar-refractivity contribution in [2.24, 2.45) is 0 Å². The van der Waals surface area contributed by atoms with Crippen molar-refractivity contribution in [1.29, 1.82) is 0 Å². The van der Waals surface area contributed by atoms with Crippen LogP contribution in [0.25, 0.3) is 0 Å². The quantitative estimate of drug-likeness (QED) is 0.467. The topological polar surface area (TPSA) is 67.3 Å². The van der Waals surface area contributed by atoms with E-state index in [1.54, 1.807) is 0 Å². The summed E-state index contributed by atoms with van der Waals surface area (Å²) in [5.41, 5.74) is 0.0367. The minimum absolute atomic E-state index is 0.0572. The second-order valence-electron chi connectivity index (χ2n) is 2.51. The Labute approximate surface area is 90.9 Å². The van der Waals surface area contributed by atoms with Gasteiger partial charge < -0.3 is 9.90 Å². The van der Waals surface area contributed by atoms with Crippen molar-refractivity contribution in [2.45, 2.75) is 6.42 Å². The van der Waals surface area contributed by atoms with E-state index in [0.717, 1.165) is 0 Å². The SMILES string of the molecule is O=CCC#Cc1ccc(Cl)nc1C(=O)O. The van der Waals surface area contributed by atoms with Crippen molar-refractivity contribution in [3.8, 4) is 11.8 Å². The molecule has 0 amide bonds. The average molecular weight is 224 g/mol. The zero-order chi connectivity index (χ0) is 11.3. The van der Waals surface area contributed by atoms with Crippen LogP contribution >= 0.6 is 11.6 Å². The van der Waals surface area contributed by atoms with Crippen LogP contribution in [-0.2, 0) is 4.79 Å². The summed E-state index contributed by atoms with van der Waals surface area (Å²) in [6, 6.07) is 2.90. The molecule has 0 aliphatic rings. The molecule has 0 saturated carbocycles. The molecule has 0 bridgehead atoms. The van der Waals surface area contributed by atoms with Crippen molar-refractivity contribution >= 4 is 23.9 Å². The van der Waals surface area contributed by atoms with Gasteiger partial charge in [-0.3, -0.25) is 0 Å². The number of carbonyl (C=O) groups is 2. The lowest BCUT2D eigenvalue weighted by atomic mass is 10.2. The van der Waals surface area contributed by atoms with Gasteiger partial charge in [0.25, 0.3) is 0 Å². The molecule has 0 radical (unpaired) electrons. The number of hydrogen-bond acceptors (Lipinski definition) is 3. The summed E-state index contributed by atoms with van der Waals surface area (Å²) < 4.78 is 0. The number of carboxylic acids is 1. The fourth-order valence-corrected chi connectivity index (χ4v) is 1.03. The molecule has 4 nitrogen and oxygen atoms in total. The van der Waals surface area contributed by atoms with Crippen molar-refractivity contribution in [3.05, 3.63) is 28.5 Å². The molecule has 0 aliphatic heterocycles. The number of aldehydes is 1. The Balaban J connectivity index is 3.13. The van der Waals surface area contributed by atoms with Crippen LogP contribution in [0.2, 0.25) is 5.15 Å². The van der Waals surface area contributed by atoms with E-state index in [0.29, 0.717) is 6.29 Å². The highest BCUT2D eigenvalue weighted by atomic mass is 35.5. The summed E-state index contributed by atoms with van der Waals surface area (Å²) in [5.74, 6) is 3.84. The molecular weight excluding hydrogens is 218 g/mol. The van der Waals surface area contributed by atoms with Crippen molar-refractivity contribution < 1.29 is 14.7 Å². The Hall–Kier alpha value is -1.86. The molecule has 0 aromatic carbocycles. The van der Waals surface area contributed by atoms with Gasteiger partial charge in [0.15, 0.2) is 5.69 Å². The summed E-state index contributed by atoms with van der Waals surface area (Å²) in [5, 5.41) is 8.88. The number of aromatic nitrogens is 1. The zero-order valence-corrected chi connectivity index (χ0v) is 8.28. The Morgan fingerprint density at radius 2 is 2.33 bits per heavy atom. The van der Waals surface area contributed by atoms with E-state index in [9.17, 15) is 9.59 Å². The molecule has 0 unspecified atom stereocenters. The first kappa shape index (κ1) is 11.2. The van der Waals surface area contributed by atoms with Gasteiger partial charge in [0.2, 0.25) is 0 Å². The van der Waals surface area contributed by atoms with Crippen LogP contribution in [-0.4, -0.2) is 22.3 Å². The highest BCUT2D eigenvalue weighted by Crippen LogP contribution is 2.10. The highest BCUT2D eigenvalue weighted by molar-refractivity contribution is 6.29. The van der Waals surface area contributed by atoms with Crippen molar-refractivity contribution in [1.82, 2.24) is 4.98 Å². The van der Waals surface area contributed by atoms with Crippen LogP contribution in [0.1, 0.15) is 22.5 Å². The average Bonchev–Trinajstić information content (AvgIpc) is 2.20. The largest absolute Gasteiger partial charge is 0.476 e. The minimum atomic E-state index is -1.20. The highest BCUT2D eigenvalue weighted by Gasteiger charge is 2.10. The number of carbonyl (C=O) groups excluding carboxylic acids is 1. The number of pyridine rings is 1. The lowest BCUT2D eigenvalue weighted by Crippen LogP contribution is -2.03. The van der Waals surface area contributed by atoms with Crippen LogP contribution in [0.5, 0.6) is 0 Å². The maximum absolute atomic E-state index is 10.7. The minimum Gasteiger partial charge on any atom is -0.476 e. The molecule has 5 heteroatoms. The van der Waals surface area contributed by atoms with E-state index < -0.39 is 5.97 Å². The predicted octanol–water partition coefficient (Wildman–Crippen LogP) is 1.37. The van der Waals surface area contributed by atoms with Crippen molar-refractivity contribution in [2.75, 3.05) is 0 Å². The summed E-state index contributed by atoms with van der Waals surface area (Å²) in [6.07, 6.45) is 0.693. The van der Waals surface area contributed by atoms with E-state index >= 15 is 0 Å². The summed E-state index contributed by atoms with van der Waals surface area (Å²) in [7, 11) is 0. The maximum Gasteiger partial charge on any atom is 0.355 e. The molecule has 0 spiro atoms. The maximum atomic E-state index is 10.7. The van der Waals surface area contributed by atoms with Gasteiger partial charge in [0.1, 0.15) is 11.4 Å². The lowest BCUT2D eigenvalue weighted by molar-refractivity contribution is -0.107. The van der Waals surface area contributed by atoms with E-state index in [4.69, 9.17) is 16.7 Å². The molecule has 15 heavy (non-hydrogen) atoms. The Kier molecular flexibility index (Phi) is 3.83. The van der Waals surface area contributed by atoms with E-state index in [1.165, 1.54) is 12.1 Å². The van der Waals surface area contributed by atoms with E-state index in [1.807, 2.05) is 0 Å². The van der Waals surface area contributed by atoms with Gasteiger partial charge in [0.05, 0.1) is 12.0 Å². The fourth-order valence-electron chi connectivity index (χ4n) is 0.887. The molecule has 1 N–H and O–H groups in total. The van der Waals surface area contributed by atoms with Gasteiger partial charge in [-0.2, -0.15) is 0 Å². The third-order valence-corrected chi connectivity index (χ3v) is 1.68. The number of carboxylic acid groups (broad SMARTS) is 1. The Morgan fingerprint density at radius 3 is 2.93 bits per heavy atom. The number of aromatic carboxylic acids is 1. The molecule has 0 aliphatic carbocycles. The Morgan fingerprint density at radius 1 is 1.60 bits per heavy atom. The zero-order valence-electron chi connectivity index (χ0n) is 7.53. The summed E-state index contributed by atoms with van der Waals surface area (Å²) in [6.45, 7) is 0. The van der Waals surface area contributed by atoms with E-state index in [-0.39, 0.29) is 22.8 Å². The van der Waals surface area contributed by atoms with Gasteiger partial charge in [-0.15, -0.1) is 0 Å². The van der Waals surface area contributed by atoms with Gasteiger partial charge in [-0.05, 0) is 12.1 Å². The smallest absolute Gasteiger partial charge is 0.355 e. The molecule has 1 aromatic heterocycles. The normalized spacial score (nSPS) is 8.87. The molecule has 1 heterocycles. The molecule has 76 valence electrons. The first-order valence-electron chi connectivity index (χ1n) is 3.97. The third-order valence-electron chi connectivity index (χ3n) is 1.47. The van der Waals surface area contributed by atoms with Gasteiger partial charge >= 0.3 is 5.97 Å². The molecule has 0 atom stereocenters. The monoisotopic (exact) mass is 223 g/mol. The molecule has 0 fully saturated rings. The van der Waals surface area contributed by atoms with Crippen LogP contribution < -0.4 is 0 Å². The van der Waals surface area contributed by atoms with Crippen LogP contribution in [0.3, 0.4) is 0 Å². The summed E-state index contributed by atoms with van der Waals surface area (Å²) >= 11 is 5.54. The fraction of sp³-hybridized carbons (Fsp3) is 0.100. The Bertz CT molecular complexity index is 459. The van der Waals surface area contributed by atoms with Crippen LogP contribution in [0.15, 0.2) is 12.1 Å². The standard InChI is InChI=1S/C10H6ClNO3/c11-8-5-4-7(3-1-2-6-13)9(12-8)10(14)15/h4-6H,2H2,(H,14,15). The second kappa shape index (κ2) is 5.13. The van der Waals surface area contributed by atoms with E-state index in [2.05, 4.69) is 16.8 Å². The van der Waals surface area contributed by atoms with Crippen LogP contribution in [0, 0.1) is 11.8 Å². The summed E-state index contributed by atoms with van der Waals surface area (Å²) in [4.78, 5) is 24.4. The number of hydrogen-bond donors (Lipinski definition) is 1. The van der Waals surface area contributed by atoms with Crippen LogP contribution in [0.4, 0.5) is 0 Å². The third kappa shape index (κ3) is 3.08. The molecule has 0 saturated heterocycles. The first-order chi connectivity index (χ1) is 7.15. The number of nitrogens with zero attached hydrogens (tertiary/aromatic N) is 1. The van der Waals surface area contributed by atoms with Gasteiger partial charge in [-0.1, -0.05) is 23.4 Å². The molecule has 1 rings (SSSR count). The van der Waals surface area contributed by atoms with Gasteiger partial charge in [-0.25, -0.2) is 9.78 Å². The second-order valence-corrected chi connectivity index (χ2v) is 2.90. The van der Waals surface area contributed by atoms with Crippen molar-refractivity contribution in [3.63, 3.8) is 0 Å². The number of halogens is 1. The molecular formula is C10H6ClNO3. The first-order valence-corrected chi connectivity index (χ1v) is 4.35. The predicted molar refractivity (Wildman–Crippen MR) is 53.8 cm³/mol. The molecule has 1 aromatic rings. The number of rotatable bonds is 2. The lowest BCUT2D eigenvalue weighted by Gasteiger charge is -1.97.